The molecule has 28 heavy (non-hydrogen) atoms. The fourth-order valence-electron chi connectivity index (χ4n) is 3.78. The third-order valence-electron chi connectivity index (χ3n) is 5.52. The molecular weight excluding hydrogens is 364 g/mol. The number of nitrogens with one attached hydrogen (secondary N) is 1. The Morgan fingerprint density at radius 3 is 2.68 bits per heavy atom. The molecule has 1 N–H and O–H groups in total. The van der Waals surface area contributed by atoms with Crippen LogP contribution in [0.5, 0.6) is 0 Å². The van der Waals surface area contributed by atoms with Crippen molar-refractivity contribution < 1.29 is 9.45 Å². The van der Waals surface area contributed by atoms with Crippen LogP contribution in [-0.2, 0) is 0 Å². The summed E-state index contributed by atoms with van der Waals surface area (Å²) in [7, 11) is 0. The first-order valence-electron chi connectivity index (χ1n) is 9.34. The molecule has 0 amide bonds. The maximum Gasteiger partial charge on any atom is 0.293 e. The van der Waals surface area contributed by atoms with Gasteiger partial charge in [-0.2, -0.15) is 4.98 Å². The second-order valence-electron chi connectivity index (χ2n) is 7.37. The molecule has 0 atom stereocenters. The Morgan fingerprint density at radius 1 is 1.18 bits per heavy atom. The molecule has 0 radical (unpaired) electrons. The van der Waals surface area contributed by atoms with Crippen LogP contribution in [0.15, 0.2) is 27.8 Å². The van der Waals surface area contributed by atoms with E-state index in [0.29, 0.717) is 30.2 Å². The number of hydrogen-bond acceptors (Lipinski definition) is 8. The number of fused-ring (bicyclic) bond motifs is 1. The summed E-state index contributed by atoms with van der Waals surface area (Å²) in [6.45, 7) is 1.26. The zero-order valence-corrected chi connectivity index (χ0v) is 15.0. The monoisotopic (exact) mass is 382 g/mol. The Labute approximate surface area is 158 Å². The van der Waals surface area contributed by atoms with Gasteiger partial charge in [-0.3, -0.25) is 14.9 Å². The Morgan fingerprint density at radius 2 is 1.96 bits per heavy atom. The first-order chi connectivity index (χ1) is 13.6. The van der Waals surface area contributed by atoms with E-state index >= 15 is 0 Å². The highest BCUT2D eigenvalue weighted by atomic mass is 16.6. The maximum atomic E-state index is 11.9. The lowest BCUT2D eigenvalue weighted by atomic mass is 9.95. The third kappa shape index (κ3) is 2.90. The quantitative estimate of drug-likeness (QED) is 0.538. The Hall–Kier alpha value is -3.30. The molecule has 1 aliphatic heterocycles. The number of H-pyrrole nitrogens is 1. The number of benzene rings is 1. The molecule has 3 heterocycles. The lowest BCUT2D eigenvalue weighted by molar-refractivity contribution is -0.384. The Balaban J connectivity index is 1.40. The van der Waals surface area contributed by atoms with Crippen LogP contribution in [0.1, 0.15) is 49.2 Å². The standard InChI is InChI=1S/C18H18N6O4/c25-17-12-7-15(24(26)27)14(8-13(12)19-9-20-17)23-5-3-10(4-6-23)16-21-18(28-22-16)11-1-2-11/h7-11H,1-6H2,(H,19,20,25). The van der Waals surface area contributed by atoms with E-state index in [-0.39, 0.29) is 22.6 Å². The molecule has 2 fully saturated rings. The van der Waals surface area contributed by atoms with Crippen molar-refractivity contribution in [3.8, 4) is 0 Å². The average Bonchev–Trinajstić information content (AvgIpc) is 3.44. The van der Waals surface area contributed by atoms with Crippen LogP contribution in [-0.4, -0.2) is 38.1 Å². The van der Waals surface area contributed by atoms with Crippen LogP contribution in [0.4, 0.5) is 11.4 Å². The van der Waals surface area contributed by atoms with Crippen LogP contribution in [0.2, 0.25) is 0 Å². The Kier molecular flexibility index (Phi) is 3.85. The number of aromatic nitrogens is 4. The van der Waals surface area contributed by atoms with Gasteiger partial charge in [0.05, 0.1) is 22.2 Å². The van der Waals surface area contributed by atoms with Crippen molar-refractivity contribution in [2.45, 2.75) is 37.5 Å². The molecule has 3 aromatic rings. The first-order valence-corrected chi connectivity index (χ1v) is 9.34. The molecule has 10 heteroatoms. The number of nitro benzene ring substituents is 1. The highest BCUT2D eigenvalue weighted by Gasteiger charge is 2.32. The van der Waals surface area contributed by atoms with Gasteiger partial charge in [0, 0.05) is 31.0 Å². The van der Waals surface area contributed by atoms with Gasteiger partial charge in [-0.15, -0.1) is 0 Å². The number of piperidine rings is 1. The van der Waals surface area contributed by atoms with Gasteiger partial charge in [0.15, 0.2) is 5.82 Å². The van der Waals surface area contributed by atoms with Gasteiger partial charge >= 0.3 is 0 Å². The van der Waals surface area contributed by atoms with Gasteiger partial charge in [0.2, 0.25) is 5.89 Å². The predicted molar refractivity (Wildman–Crippen MR) is 99.5 cm³/mol. The molecule has 0 bridgehead atoms. The molecule has 0 unspecified atom stereocenters. The molecule has 1 saturated heterocycles. The highest BCUT2D eigenvalue weighted by Crippen LogP contribution is 2.40. The smallest absolute Gasteiger partial charge is 0.293 e. The van der Waals surface area contributed by atoms with E-state index in [0.717, 1.165) is 37.4 Å². The van der Waals surface area contributed by atoms with E-state index in [9.17, 15) is 14.9 Å². The number of aromatic amines is 1. The van der Waals surface area contributed by atoms with Gasteiger partial charge in [-0.25, -0.2) is 4.98 Å². The van der Waals surface area contributed by atoms with E-state index in [1.807, 2.05) is 4.90 Å². The van der Waals surface area contributed by atoms with Crippen LogP contribution in [0.25, 0.3) is 10.9 Å². The number of rotatable bonds is 4. The van der Waals surface area contributed by atoms with Crippen LogP contribution in [0, 0.1) is 10.1 Å². The lowest BCUT2D eigenvalue weighted by Crippen LogP contribution is -2.33. The third-order valence-corrected chi connectivity index (χ3v) is 5.52. The summed E-state index contributed by atoms with van der Waals surface area (Å²) in [5, 5.41) is 15.9. The molecule has 5 rings (SSSR count). The van der Waals surface area contributed by atoms with Crippen molar-refractivity contribution >= 4 is 22.3 Å². The SMILES string of the molecule is O=c1[nH]cnc2cc(N3CCC(c4noc(C5CC5)n4)CC3)c([N+](=O)[O-])cc12. The summed E-state index contributed by atoms with van der Waals surface area (Å²) in [5.41, 5.74) is 0.460. The van der Waals surface area contributed by atoms with Crippen molar-refractivity contribution in [1.82, 2.24) is 20.1 Å². The molecule has 0 spiro atoms. The highest BCUT2D eigenvalue weighted by molar-refractivity contribution is 5.87. The van der Waals surface area contributed by atoms with E-state index in [4.69, 9.17) is 4.52 Å². The second-order valence-corrected chi connectivity index (χ2v) is 7.37. The van der Waals surface area contributed by atoms with Crippen LogP contribution >= 0.6 is 0 Å². The molecule has 2 aromatic heterocycles. The molecule has 1 saturated carbocycles. The summed E-state index contributed by atoms with van der Waals surface area (Å²) in [5.74, 6) is 2.09. The number of hydrogen-bond donors (Lipinski definition) is 1. The van der Waals surface area contributed by atoms with E-state index in [2.05, 4.69) is 20.1 Å². The molecule has 144 valence electrons. The fraction of sp³-hybridized carbons (Fsp3) is 0.444. The van der Waals surface area contributed by atoms with Crippen molar-refractivity contribution in [2.24, 2.45) is 0 Å². The largest absolute Gasteiger partial charge is 0.366 e. The van der Waals surface area contributed by atoms with E-state index in [1.165, 1.54) is 12.4 Å². The number of nitrogens with zero attached hydrogens (tertiary/aromatic N) is 5. The molecule has 10 nitrogen and oxygen atoms in total. The molecular formula is C18H18N6O4. The molecule has 1 aromatic carbocycles. The van der Waals surface area contributed by atoms with Gasteiger partial charge in [0.1, 0.15) is 5.69 Å². The van der Waals surface area contributed by atoms with Gasteiger partial charge in [-0.05, 0) is 31.7 Å². The zero-order valence-electron chi connectivity index (χ0n) is 15.0. The second kappa shape index (κ2) is 6.39. The lowest BCUT2D eigenvalue weighted by Gasteiger charge is -2.32. The minimum absolute atomic E-state index is 0.0833. The first kappa shape index (κ1) is 16.8. The summed E-state index contributed by atoms with van der Waals surface area (Å²) in [4.78, 5) is 36.2. The molecule has 2 aliphatic rings. The van der Waals surface area contributed by atoms with E-state index < -0.39 is 4.92 Å². The van der Waals surface area contributed by atoms with Crippen molar-refractivity contribution in [3.63, 3.8) is 0 Å². The van der Waals surface area contributed by atoms with E-state index in [1.54, 1.807) is 6.07 Å². The van der Waals surface area contributed by atoms with Crippen LogP contribution < -0.4 is 10.5 Å². The summed E-state index contributed by atoms with van der Waals surface area (Å²) in [6.07, 6.45) is 5.09. The minimum atomic E-state index is -0.450. The summed E-state index contributed by atoms with van der Waals surface area (Å²) >= 11 is 0. The van der Waals surface area contributed by atoms with Gasteiger partial charge in [0.25, 0.3) is 11.2 Å². The summed E-state index contributed by atoms with van der Waals surface area (Å²) in [6, 6.07) is 2.94. The average molecular weight is 382 g/mol. The van der Waals surface area contributed by atoms with Gasteiger partial charge < -0.3 is 14.4 Å². The van der Waals surface area contributed by atoms with Gasteiger partial charge in [-0.1, -0.05) is 5.16 Å². The summed E-state index contributed by atoms with van der Waals surface area (Å²) < 4.78 is 5.36. The predicted octanol–water partition coefficient (Wildman–Crippen LogP) is 2.48. The maximum absolute atomic E-state index is 11.9. The van der Waals surface area contributed by atoms with Crippen molar-refractivity contribution in [3.05, 3.63) is 50.6 Å². The van der Waals surface area contributed by atoms with Crippen LogP contribution in [0.3, 0.4) is 0 Å². The topological polar surface area (TPSA) is 131 Å². The Bertz CT molecular complexity index is 1110. The fourth-order valence-corrected chi connectivity index (χ4v) is 3.78. The van der Waals surface area contributed by atoms with Crippen molar-refractivity contribution in [1.29, 1.82) is 0 Å². The van der Waals surface area contributed by atoms with Crippen molar-refractivity contribution in [2.75, 3.05) is 18.0 Å². The number of anilines is 1. The molecule has 1 aliphatic carbocycles. The minimum Gasteiger partial charge on any atom is -0.366 e. The number of nitro groups is 1. The zero-order chi connectivity index (χ0) is 19.3. The normalized spacial score (nSPS) is 17.9.